The van der Waals surface area contributed by atoms with E-state index in [9.17, 15) is 4.79 Å². The van der Waals surface area contributed by atoms with E-state index < -0.39 is 0 Å². The van der Waals surface area contributed by atoms with Crippen LogP contribution in [0.2, 0.25) is 0 Å². The van der Waals surface area contributed by atoms with Crippen LogP contribution in [0.3, 0.4) is 0 Å². The highest BCUT2D eigenvalue weighted by molar-refractivity contribution is 5.78. The van der Waals surface area contributed by atoms with Gasteiger partial charge in [-0.15, -0.1) is 0 Å². The fraction of sp³-hybridized carbons (Fsp3) is 0.300. The molecule has 0 spiro atoms. The molecule has 1 fully saturated rings. The fourth-order valence-electron chi connectivity index (χ4n) is 2.87. The zero-order valence-electron chi connectivity index (χ0n) is 13.8. The third-order valence-corrected chi connectivity index (χ3v) is 4.26. The standard InChI is InChI=1S/C20H23N3O/c24-20(12-5-4-10-18-8-2-1-3-9-18)23-16-14-22(15-17-23)19-11-6-7-13-21-19/h1-9,11,13H,10,12,14-17H2/b5-4-. The molecule has 0 saturated carbocycles. The Morgan fingerprint density at radius 3 is 2.42 bits per heavy atom. The van der Waals surface area contributed by atoms with Crippen molar-refractivity contribution in [3.05, 3.63) is 72.4 Å². The molecule has 0 unspecified atom stereocenters. The van der Waals surface area contributed by atoms with Gasteiger partial charge in [-0.05, 0) is 24.1 Å². The third kappa shape index (κ3) is 4.44. The first-order valence-corrected chi connectivity index (χ1v) is 8.45. The number of hydrogen-bond donors (Lipinski definition) is 0. The van der Waals surface area contributed by atoms with Crippen molar-refractivity contribution >= 4 is 11.7 Å². The summed E-state index contributed by atoms with van der Waals surface area (Å²) in [6.07, 6.45) is 7.24. The highest BCUT2D eigenvalue weighted by atomic mass is 16.2. The summed E-state index contributed by atoms with van der Waals surface area (Å²) in [4.78, 5) is 20.8. The molecule has 24 heavy (non-hydrogen) atoms. The number of carbonyl (C=O) groups is 1. The second-order valence-corrected chi connectivity index (χ2v) is 5.92. The van der Waals surface area contributed by atoms with Gasteiger partial charge in [0.25, 0.3) is 0 Å². The lowest BCUT2D eigenvalue weighted by Gasteiger charge is -2.35. The van der Waals surface area contributed by atoms with Crippen LogP contribution in [0.1, 0.15) is 12.0 Å². The first-order valence-electron chi connectivity index (χ1n) is 8.45. The largest absolute Gasteiger partial charge is 0.353 e. The second kappa shape index (κ2) is 8.29. The fourth-order valence-corrected chi connectivity index (χ4v) is 2.87. The van der Waals surface area contributed by atoms with Gasteiger partial charge in [-0.25, -0.2) is 4.98 Å². The van der Waals surface area contributed by atoms with E-state index >= 15 is 0 Å². The minimum atomic E-state index is 0.208. The van der Waals surface area contributed by atoms with Crippen molar-refractivity contribution in [1.29, 1.82) is 0 Å². The number of aromatic nitrogens is 1. The summed E-state index contributed by atoms with van der Waals surface area (Å²) < 4.78 is 0. The second-order valence-electron chi connectivity index (χ2n) is 5.92. The SMILES string of the molecule is O=C(C/C=C\Cc1ccccc1)N1CCN(c2ccccn2)CC1. The summed E-state index contributed by atoms with van der Waals surface area (Å²) in [6, 6.07) is 16.2. The average molecular weight is 321 g/mol. The Labute approximate surface area is 143 Å². The molecule has 1 saturated heterocycles. The highest BCUT2D eigenvalue weighted by Gasteiger charge is 2.20. The van der Waals surface area contributed by atoms with E-state index in [0.717, 1.165) is 38.4 Å². The molecule has 1 aliphatic heterocycles. The molecule has 1 aliphatic rings. The van der Waals surface area contributed by atoms with Crippen molar-refractivity contribution in [3.8, 4) is 0 Å². The molecular weight excluding hydrogens is 298 g/mol. The Morgan fingerprint density at radius 1 is 0.958 bits per heavy atom. The van der Waals surface area contributed by atoms with Gasteiger partial charge in [0.05, 0.1) is 0 Å². The average Bonchev–Trinajstić information content (AvgIpc) is 2.67. The normalized spacial score (nSPS) is 15.0. The molecule has 3 rings (SSSR count). The van der Waals surface area contributed by atoms with E-state index in [2.05, 4.69) is 28.1 Å². The Hall–Kier alpha value is -2.62. The van der Waals surface area contributed by atoms with Crippen LogP contribution in [-0.2, 0) is 11.2 Å². The number of nitrogens with zero attached hydrogens (tertiary/aromatic N) is 3. The molecule has 0 bridgehead atoms. The van der Waals surface area contributed by atoms with Crippen LogP contribution in [0.4, 0.5) is 5.82 Å². The molecule has 0 aliphatic carbocycles. The van der Waals surface area contributed by atoms with Gasteiger partial charge < -0.3 is 9.80 Å². The first-order chi connectivity index (χ1) is 11.8. The first kappa shape index (κ1) is 16.2. The molecule has 1 aromatic heterocycles. The highest BCUT2D eigenvalue weighted by Crippen LogP contribution is 2.13. The molecule has 0 atom stereocenters. The maximum absolute atomic E-state index is 12.3. The van der Waals surface area contributed by atoms with Gasteiger partial charge in [-0.2, -0.15) is 0 Å². The third-order valence-electron chi connectivity index (χ3n) is 4.26. The van der Waals surface area contributed by atoms with E-state index in [-0.39, 0.29) is 5.91 Å². The van der Waals surface area contributed by atoms with Gasteiger partial charge in [0, 0.05) is 38.8 Å². The van der Waals surface area contributed by atoms with Crippen LogP contribution in [-0.4, -0.2) is 42.0 Å². The van der Waals surface area contributed by atoms with E-state index in [0.29, 0.717) is 6.42 Å². The van der Waals surface area contributed by atoms with Gasteiger partial charge in [-0.3, -0.25) is 4.79 Å². The lowest BCUT2D eigenvalue weighted by atomic mass is 10.1. The van der Waals surface area contributed by atoms with Crippen LogP contribution in [0.5, 0.6) is 0 Å². The molecule has 0 radical (unpaired) electrons. The number of carbonyl (C=O) groups excluding carboxylic acids is 1. The Bertz CT molecular complexity index is 662. The predicted molar refractivity (Wildman–Crippen MR) is 96.9 cm³/mol. The topological polar surface area (TPSA) is 36.4 Å². The number of allylic oxidation sites excluding steroid dienone is 1. The number of rotatable bonds is 5. The van der Waals surface area contributed by atoms with Crippen LogP contribution < -0.4 is 4.90 Å². The van der Waals surface area contributed by atoms with Crippen LogP contribution in [0.25, 0.3) is 0 Å². The zero-order valence-corrected chi connectivity index (χ0v) is 13.8. The Kier molecular flexibility index (Phi) is 5.61. The number of piperazine rings is 1. The van der Waals surface area contributed by atoms with Crippen LogP contribution in [0, 0.1) is 0 Å². The molecular formula is C20H23N3O. The van der Waals surface area contributed by atoms with Gasteiger partial charge in [0.1, 0.15) is 5.82 Å². The maximum atomic E-state index is 12.3. The van der Waals surface area contributed by atoms with Gasteiger partial charge in [0.15, 0.2) is 0 Å². The monoisotopic (exact) mass is 321 g/mol. The minimum absolute atomic E-state index is 0.208. The predicted octanol–water partition coefficient (Wildman–Crippen LogP) is 2.92. The number of benzene rings is 1. The number of amides is 1. The van der Waals surface area contributed by atoms with Crippen molar-refractivity contribution in [1.82, 2.24) is 9.88 Å². The van der Waals surface area contributed by atoms with Gasteiger partial charge in [0.2, 0.25) is 5.91 Å². The molecule has 124 valence electrons. The molecule has 4 nitrogen and oxygen atoms in total. The van der Waals surface area contributed by atoms with E-state index in [1.165, 1.54) is 5.56 Å². The summed E-state index contributed by atoms with van der Waals surface area (Å²) in [6.45, 7) is 3.22. The van der Waals surface area contributed by atoms with Crippen LogP contribution in [0.15, 0.2) is 66.9 Å². The van der Waals surface area contributed by atoms with Crippen LogP contribution >= 0.6 is 0 Å². The molecule has 4 heteroatoms. The van der Waals surface area contributed by atoms with E-state index in [1.54, 1.807) is 0 Å². The summed E-state index contributed by atoms with van der Waals surface area (Å²) in [5.74, 6) is 1.20. The smallest absolute Gasteiger partial charge is 0.226 e. The quantitative estimate of drug-likeness (QED) is 0.795. The molecule has 2 heterocycles. The lowest BCUT2D eigenvalue weighted by molar-refractivity contribution is -0.130. The summed E-state index contributed by atoms with van der Waals surface area (Å²) in [7, 11) is 0. The van der Waals surface area contributed by atoms with Crippen molar-refractivity contribution in [2.24, 2.45) is 0 Å². The van der Waals surface area contributed by atoms with Crippen molar-refractivity contribution < 1.29 is 4.79 Å². The van der Waals surface area contributed by atoms with E-state index in [1.807, 2.05) is 53.6 Å². The molecule has 1 aromatic carbocycles. The summed E-state index contributed by atoms with van der Waals surface area (Å²) in [5.41, 5.74) is 1.27. The molecule has 2 aromatic rings. The summed E-state index contributed by atoms with van der Waals surface area (Å²) in [5, 5.41) is 0. The number of anilines is 1. The van der Waals surface area contributed by atoms with Crippen molar-refractivity contribution in [2.75, 3.05) is 31.1 Å². The minimum Gasteiger partial charge on any atom is -0.353 e. The Balaban J connectivity index is 1.42. The van der Waals surface area contributed by atoms with Gasteiger partial charge in [-0.1, -0.05) is 48.6 Å². The number of pyridine rings is 1. The van der Waals surface area contributed by atoms with Gasteiger partial charge >= 0.3 is 0 Å². The number of hydrogen-bond acceptors (Lipinski definition) is 3. The zero-order chi connectivity index (χ0) is 16.6. The Morgan fingerprint density at radius 2 is 1.71 bits per heavy atom. The van der Waals surface area contributed by atoms with E-state index in [4.69, 9.17) is 0 Å². The molecule has 0 N–H and O–H groups in total. The van der Waals surface area contributed by atoms with Crippen molar-refractivity contribution in [3.63, 3.8) is 0 Å². The van der Waals surface area contributed by atoms with Crippen molar-refractivity contribution in [2.45, 2.75) is 12.8 Å². The lowest BCUT2D eigenvalue weighted by Crippen LogP contribution is -2.48. The molecule has 1 amide bonds. The summed E-state index contributed by atoms with van der Waals surface area (Å²) >= 11 is 0. The maximum Gasteiger partial charge on any atom is 0.226 e.